The van der Waals surface area contributed by atoms with E-state index in [1.165, 1.54) is 18.5 Å². The number of benzene rings is 1. The third-order valence-electron chi connectivity index (χ3n) is 5.80. The number of amides is 2. The summed E-state index contributed by atoms with van der Waals surface area (Å²) in [5.74, 6) is -2.02. The predicted molar refractivity (Wildman–Crippen MR) is 95.2 cm³/mol. The fourth-order valence-corrected chi connectivity index (χ4v) is 4.25. The molecule has 0 aliphatic carbocycles. The van der Waals surface area contributed by atoms with Crippen LogP contribution < -0.4 is 0 Å². The molecular formula is C20H21F2N3O3. The van der Waals surface area contributed by atoms with Crippen molar-refractivity contribution in [3.05, 3.63) is 53.2 Å². The van der Waals surface area contributed by atoms with Crippen LogP contribution in [0.1, 0.15) is 41.1 Å². The smallest absolute Gasteiger partial charge is 0.291 e. The number of carbonyl (C=O) groups is 2. The molecule has 3 heterocycles. The number of carbonyl (C=O) groups excluding carboxylic acids is 2. The molecule has 2 saturated heterocycles. The summed E-state index contributed by atoms with van der Waals surface area (Å²) in [5, 5.41) is 0. The third-order valence-corrected chi connectivity index (χ3v) is 5.80. The lowest BCUT2D eigenvalue weighted by molar-refractivity contribution is -0.146. The van der Waals surface area contributed by atoms with Gasteiger partial charge in [0.25, 0.3) is 5.91 Å². The van der Waals surface area contributed by atoms with Gasteiger partial charge in [-0.3, -0.25) is 9.59 Å². The average Bonchev–Trinajstić information content (AvgIpc) is 3.30. The number of rotatable bonds is 3. The summed E-state index contributed by atoms with van der Waals surface area (Å²) in [6, 6.07) is 3.99. The third kappa shape index (κ3) is 3.06. The minimum Gasteiger partial charge on any atom is -0.438 e. The number of aryl methyl sites for hydroxylation is 1. The Morgan fingerprint density at radius 1 is 1.29 bits per heavy atom. The van der Waals surface area contributed by atoms with Crippen molar-refractivity contribution in [3.63, 3.8) is 0 Å². The Kier molecular flexibility index (Phi) is 4.64. The van der Waals surface area contributed by atoms with E-state index in [4.69, 9.17) is 4.42 Å². The molecule has 1 spiro atoms. The van der Waals surface area contributed by atoms with Gasteiger partial charge in [0.1, 0.15) is 0 Å². The fourth-order valence-electron chi connectivity index (χ4n) is 4.25. The first-order valence-corrected chi connectivity index (χ1v) is 9.33. The number of oxazole rings is 1. The molecular weight excluding hydrogens is 368 g/mol. The minimum atomic E-state index is -0.920. The van der Waals surface area contributed by atoms with Gasteiger partial charge >= 0.3 is 0 Å². The first-order chi connectivity index (χ1) is 13.4. The fraction of sp³-hybridized carbons (Fsp3) is 0.450. The molecule has 0 bridgehead atoms. The Labute approximate surface area is 161 Å². The molecule has 28 heavy (non-hydrogen) atoms. The molecule has 2 fully saturated rings. The lowest BCUT2D eigenvalue weighted by atomic mass is 9.78. The Hall–Kier alpha value is -2.77. The van der Waals surface area contributed by atoms with Crippen molar-refractivity contribution in [3.8, 4) is 0 Å². The first kappa shape index (κ1) is 18.6. The Morgan fingerprint density at radius 3 is 2.86 bits per heavy atom. The largest absolute Gasteiger partial charge is 0.438 e. The molecule has 2 amide bonds. The Balaban J connectivity index is 1.51. The van der Waals surface area contributed by atoms with Gasteiger partial charge in [-0.1, -0.05) is 12.1 Å². The lowest BCUT2D eigenvalue weighted by Crippen LogP contribution is -2.50. The number of likely N-dealkylation sites (tertiary alicyclic amines) is 2. The van der Waals surface area contributed by atoms with E-state index in [0.29, 0.717) is 38.2 Å². The molecule has 2 aliphatic heterocycles. The zero-order valence-electron chi connectivity index (χ0n) is 15.6. The van der Waals surface area contributed by atoms with Gasteiger partial charge < -0.3 is 14.2 Å². The van der Waals surface area contributed by atoms with Crippen LogP contribution in [-0.4, -0.2) is 46.2 Å². The van der Waals surface area contributed by atoms with Gasteiger partial charge in [0.15, 0.2) is 18.0 Å². The molecule has 1 atom stereocenters. The van der Waals surface area contributed by atoms with Crippen molar-refractivity contribution in [1.82, 2.24) is 14.8 Å². The van der Waals surface area contributed by atoms with Gasteiger partial charge in [-0.15, -0.1) is 0 Å². The van der Waals surface area contributed by atoms with Crippen LogP contribution in [0.15, 0.2) is 29.0 Å². The summed E-state index contributed by atoms with van der Waals surface area (Å²) < 4.78 is 32.7. The van der Waals surface area contributed by atoms with Crippen LogP contribution in [0.5, 0.6) is 0 Å². The number of hydrogen-bond acceptors (Lipinski definition) is 4. The summed E-state index contributed by atoms with van der Waals surface area (Å²) in [5.41, 5.74) is 0.00350. The highest BCUT2D eigenvalue weighted by atomic mass is 19.2. The normalized spacial score (nSPS) is 22.3. The monoisotopic (exact) mass is 389 g/mol. The second-order valence-electron chi connectivity index (χ2n) is 7.57. The zero-order chi connectivity index (χ0) is 19.9. The maximum atomic E-state index is 14.0. The number of nitrogens with zero attached hydrogens (tertiary/aromatic N) is 3. The van der Waals surface area contributed by atoms with E-state index in [9.17, 15) is 18.4 Å². The Morgan fingerprint density at radius 2 is 2.11 bits per heavy atom. The molecule has 0 radical (unpaired) electrons. The summed E-state index contributed by atoms with van der Waals surface area (Å²) >= 11 is 0. The van der Waals surface area contributed by atoms with E-state index in [-0.39, 0.29) is 29.7 Å². The molecule has 1 unspecified atom stereocenters. The number of halogens is 2. The molecule has 2 aliphatic rings. The topological polar surface area (TPSA) is 66.7 Å². The molecule has 6 nitrogen and oxygen atoms in total. The maximum Gasteiger partial charge on any atom is 0.291 e. The quantitative estimate of drug-likeness (QED) is 0.810. The highest BCUT2D eigenvalue weighted by Gasteiger charge is 2.49. The number of piperidine rings is 1. The van der Waals surface area contributed by atoms with Gasteiger partial charge in [0.2, 0.25) is 11.7 Å². The van der Waals surface area contributed by atoms with Crippen molar-refractivity contribution >= 4 is 11.8 Å². The lowest BCUT2D eigenvalue weighted by Gasteiger charge is -2.39. The molecule has 0 saturated carbocycles. The van der Waals surface area contributed by atoms with Crippen molar-refractivity contribution < 1.29 is 22.8 Å². The van der Waals surface area contributed by atoms with Crippen molar-refractivity contribution in [2.45, 2.75) is 32.7 Å². The van der Waals surface area contributed by atoms with Gasteiger partial charge in [-0.2, -0.15) is 0 Å². The van der Waals surface area contributed by atoms with Crippen LogP contribution in [0.25, 0.3) is 0 Å². The molecule has 4 rings (SSSR count). The van der Waals surface area contributed by atoms with Crippen LogP contribution in [0.2, 0.25) is 0 Å². The standard InChI is InChI=1S/C20H21F2N3O3/c1-13-17(28-12-23-13)18(26)25-9-7-20(11-25)6-3-8-24(19(20)27)10-14-4-2-5-15(21)16(14)22/h2,4-5,12H,3,6-11H2,1H3. The van der Waals surface area contributed by atoms with Gasteiger partial charge in [-0.05, 0) is 32.3 Å². The van der Waals surface area contributed by atoms with Crippen molar-refractivity contribution in [2.24, 2.45) is 5.41 Å². The maximum absolute atomic E-state index is 14.0. The number of hydrogen-bond donors (Lipinski definition) is 0. The minimum absolute atomic E-state index is 0.0271. The van der Waals surface area contributed by atoms with E-state index in [1.807, 2.05) is 0 Å². The van der Waals surface area contributed by atoms with Crippen molar-refractivity contribution in [1.29, 1.82) is 0 Å². The summed E-state index contributed by atoms with van der Waals surface area (Å²) in [4.78, 5) is 33.0. The van der Waals surface area contributed by atoms with E-state index < -0.39 is 17.0 Å². The average molecular weight is 389 g/mol. The highest BCUT2D eigenvalue weighted by Crippen LogP contribution is 2.41. The van der Waals surface area contributed by atoms with E-state index >= 15 is 0 Å². The molecule has 8 heteroatoms. The molecule has 1 aromatic heterocycles. The molecule has 0 N–H and O–H groups in total. The van der Waals surface area contributed by atoms with Crippen LogP contribution in [0, 0.1) is 24.0 Å². The summed E-state index contributed by atoms with van der Waals surface area (Å²) in [6.45, 7) is 2.97. The molecule has 148 valence electrons. The summed E-state index contributed by atoms with van der Waals surface area (Å²) in [6.07, 6.45) is 3.21. The van der Waals surface area contributed by atoms with E-state index in [0.717, 1.165) is 12.5 Å². The Bertz CT molecular complexity index is 929. The molecule has 2 aromatic rings. The SMILES string of the molecule is Cc1ncoc1C(=O)N1CCC2(CCCN(Cc3cccc(F)c3F)C2=O)C1. The van der Waals surface area contributed by atoms with E-state index in [1.54, 1.807) is 16.7 Å². The second-order valence-corrected chi connectivity index (χ2v) is 7.57. The van der Waals surface area contributed by atoms with Crippen LogP contribution >= 0.6 is 0 Å². The van der Waals surface area contributed by atoms with Gasteiger partial charge in [-0.25, -0.2) is 13.8 Å². The highest BCUT2D eigenvalue weighted by molar-refractivity contribution is 5.94. The van der Waals surface area contributed by atoms with Crippen LogP contribution in [-0.2, 0) is 11.3 Å². The molecule has 1 aromatic carbocycles. The van der Waals surface area contributed by atoms with Crippen LogP contribution in [0.4, 0.5) is 8.78 Å². The zero-order valence-corrected chi connectivity index (χ0v) is 15.6. The van der Waals surface area contributed by atoms with Gasteiger partial charge in [0, 0.05) is 31.7 Å². The number of aromatic nitrogens is 1. The second kappa shape index (κ2) is 7.00. The predicted octanol–water partition coefficient (Wildman–Crippen LogP) is 2.92. The van der Waals surface area contributed by atoms with Crippen molar-refractivity contribution in [2.75, 3.05) is 19.6 Å². The first-order valence-electron chi connectivity index (χ1n) is 9.33. The summed E-state index contributed by atoms with van der Waals surface area (Å²) in [7, 11) is 0. The van der Waals surface area contributed by atoms with Crippen LogP contribution in [0.3, 0.4) is 0 Å². The van der Waals surface area contributed by atoms with E-state index in [2.05, 4.69) is 4.98 Å². The van der Waals surface area contributed by atoms with Gasteiger partial charge in [0.05, 0.1) is 11.1 Å².